The number of pyridine rings is 1. The molecule has 3 rings (SSSR count). The molecular formula is C20H19F2N3O3. The molecule has 1 aromatic carbocycles. The molecule has 0 aliphatic rings. The van der Waals surface area contributed by atoms with Gasteiger partial charge in [-0.25, -0.2) is 19.2 Å². The van der Waals surface area contributed by atoms with Crippen LogP contribution in [0.3, 0.4) is 0 Å². The molecule has 0 spiro atoms. The zero-order chi connectivity index (χ0) is 20.3. The second-order valence-corrected chi connectivity index (χ2v) is 6.14. The van der Waals surface area contributed by atoms with Gasteiger partial charge in [0.25, 0.3) is 5.91 Å². The molecule has 0 saturated heterocycles. The highest BCUT2D eigenvalue weighted by Gasteiger charge is 2.20. The Morgan fingerprint density at radius 1 is 1.32 bits per heavy atom. The molecule has 0 aliphatic heterocycles. The summed E-state index contributed by atoms with van der Waals surface area (Å²) in [5.41, 5.74) is 3.99. The summed E-state index contributed by atoms with van der Waals surface area (Å²) in [6.07, 6.45) is 3.22. The summed E-state index contributed by atoms with van der Waals surface area (Å²) in [7, 11) is 0. The number of nitrogens with zero attached hydrogens (tertiary/aromatic N) is 2. The number of hydrogen-bond acceptors (Lipinski definition) is 4. The number of fused-ring (bicyclic) bond motifs is 1. The van der Waals surface area contributed by atoms with Gasteiger partial charge in [-0.2, -0.15) is 0 Å². The SMILES string of the molecule is C=CCONC(=O)c1c(C)nc2c(OCc3c(F)cccc3F)cc(C)cn12. The van der Waals surface area contributed by atoms with Gasteiger partial charge in [0.2, 0.25) is 0 Å². The van der Waals surface area contributed by atoms with Crippen LogP contribution in [-0.4, -0.2) is 21.9 Å². The second kappa shape index (κ2) is 8.18. The van der Waals surface area contributed by atoms with E-state index in [1.807, 2.05) is 0 Å². The fourth-order valence-corrected chi connectivity index (χ4v) is 2.77. The topological polar surface area (TPSA) is 64.9 Å². The van der Waals surface area contributed by atoms with E-state index in [-0.39, 0.29) is 24.5 Å². The van der Waals surface area contributed by atoms with Crippen LogP contribution in [0.1, 0.15) is 27.3 Å². The average Bonchev–Trinajstić information content (AvgIpc) is 2.97. The van der Waals surface area contributed by atoms with Crippen molar-refractivity contribution >= 4 is 11.6 Å². The first kappa shape index (κ1) is 19.5. The lowest BCUT2D eigenvalue weighted by Crippen LogP contribution is -2.25. The summed E-state index contributed by atoms with van der Waals surface area (Å²) < 4.78 is 34.9. The lowest BCUT2D eigenvalue weighted by Gasteiger charge is -2.11. The third-order valence-electron chi connectivity index (χ3n) is 4.01. The Bertz CT molecular complexity index is 1030. The second-order valence-electron chi connectivity index (χ2n) is 6.14. The van der Waals surface area contributed by atoms with Crippen LogP contribution in [0.5, 0.6) is 5.75 Å². The first-order valence-electron chi connectivity index (χ1n) is 8.50. The largest absolute Gasteiger partial charge is 0.485 e. The highest BCUT2D eigenvalue weighted by atomic mass is 19.1. The van der Waals surface area contributed by atoms with Gasteiger partial charge in [-0.05, 0) is 37.6 Å². The maximum atomic E-state index is 13.9. The molecule has 6 nitrogen and oxygen atoms in total. The van der Waals surface area contributed by atoms with Crippen LogP contribution >= 0.6 is 0 Å². The van der Waals surface area contributed by atoms with Gasteiger partial charge in [-0.1, -0.05) is 12.1 Å². The molecule has 146 valence electrons. The number of rotatable bonds is 7. The maximum Gasteiger partial charge on any atom is 0.293 e. The number of ether oxygens (including phenoxy) is 1. The Morgan fingerprint density at radius 3 is 2.71 bits per heavy atom. The van der Waals surface area contributed by atoms with E-state index < -0.39 is 17.5 Å². The molecule has 2 aromatic heterocycles. The minimum Gasteiger partial charge on any atom is -0.485 e. The van der Waals surface area contributed by atoms with Gasteiger partial charge >= 0.3 is 0 Å². The highest BCUT2D eigenvalue weighted by Crippen LogP contribution is 2.26. The number of amides is 1. The van der Waals surface area contributed by atoms with E-state index in [0.29, 0.717) is 17.1 Å². The Labute approximate surface area is 160 Å². The molecule has 0 atom stereocenters. The van der Waals surface area contributed by atoms with E-state index in [0.717, 1.165) is 5.56 Å². The van der Waals surface area contributed by atoms with Crippen molar-refractivity contribution in [1.82, 2.24) is 14.9 Å². The molecule has 0 saturated carbocycles. The number of aromatic nitrogens is 2. The molecule has 2 heterocycles. The van der Waals surface area contributed by atoms with Crippen LogP contribution in [0.25, 0.3) is 5.65 Å². The standard InChI is InChI=1S/C20H19F2N3O3/c1-4-8-28-24-20(26)18-13(3)23-19-17(9-12(2)10-25(18)19)27-11-14-15(21)6-5-7-16(14)22/h4-7,9-10H,1,8,11H2,2-3H3,(H,24,26). The van der Waals surface area contributed by atoms with Crippen molar-refractivity contribution in [3.63, 3.8) is 0 Å². The zero-order valence-electron chi connectivity index (χ0n) is 15.5. The number of hydroxylamine groups is 1. The summed E-state index contributed by atoms with van der Waals surface area (Å²) in [5, 5.41) is 0. The molecule has 0 aliphatic carbocycles. The normalized spacial score (nSPS) is 10.9. The fourth-order valence-electron chi connectivity index (χ4n) is 2.77. The quantitative estimate of drug-likeness (QED) is 0.382. The molecule has 3 aromatic rings. The molecule has 0 unspecified atom stereocenters. The van der Waals surface area contributed by atoms with Crippen molar-refractivity contribution in [3.8, 4) is 5.75 Å². The van der Waals surface area contributed by atoms with Crippen LogP contribution in [0, 0.1) is 25.5 Å². The Hall–Kier alpha value is -3.26. The van der Waals surface area contributed by atoms with Crippen molar-refractivity contribution in [2.24, 2.45) is 0 Å². The average molecular weight is 387 g/mol. The lowest BCUT2D eigenvalue weighted by atomic mass is 10.2. The van der Waals surface area contributed by atoms with Crippen LogP contribution in [-0.2, 0) is 11.4 Å². The van der Waals surface area contributed by atoms with Crippen molar-refractivity contribution in [2.45, 2.75) is 20.5 Å². The zero-order valence-corrected chi connectivity index (χ0v) is 15.5. The summed E-state index contributed by atoms with van der Waals surface area (Å²) in [6.45, 7) is 6.83. The van der Waals surface area contributed by atoms with Gasteiger partial charge in [0.1, 0.15) is 23.9 Å². The monoisotopic (exact) mass is 387 g/mol. The number of benzene rings is 1. The Kier molecular flexibility index (Phi) is 5.70. The van der Waals surface area contributed by atoms with Crippen LogP contribution in [0.2, 0.25) is 0 Å². The number of imidazole rings is 1. The first-order valence-corrected chi connectivity index (χ1v) is 8.50. The molecule has 28 heavy (non-hydrogen) atoms. The van der Waals surface area contributed by atoms with E-state index in [2.05, 4.69) is 17.0 Å². The van der Waals surface area contributed by atoms with Gasteiger partial charge in [-0.15, -0.1) is 6.58 Å². The highest BCUT2D eigenvalue weighted by molar-refractivity contribution is 5.94. The molecule has 8 heteroatoms. The summed E-state index contributed by atoms with van der Waals surface area (Å²) in [5.74, 6) is -1.56. The smallest absolute Gasteiger partial charge is 0.293 e. The van der Waals surface area contributed by atoms with Gasteiger partial charge in [0.15, 0.2) is 11.4 Å². The van der Waals surface area contributed by atoms with Crippen molar-refractivity contribution < 1.29 is 23.1 Å². The first-order chi connectivity index (χ1) is 13.4. The number of hydrogen-bond donors (Lipinski definition) is 1. The van der Waals surface area contributed by atoms with Crippen LogP contribution in [0.4, 0.5) is 8.78 Å². The number of carbonyl (C=O) groups excluding carboxylic acids is 1. The minimum absolute atomic E-state index is 0.156. The number of nitrogens with one attached hydrogen (secondary N) is 1. The molecule has 1 N–H and O–H groups in total. The predicted molar refractivity (Wildman–Crippen MR) is 99.0 cm³/mol. The van der Waals surface area contributed by atoms with Crippen LogP contribution in [0.15, 0.2) is 43.1 Å². The molecular weight excluding hydrogens is 368 g/mol. The number of aryl methyl sites for hydroxylation is 2. The number of carbonyl (C=O) groups is 1. The summed E-state index contributed by atoms with van der Waals surface area (Å²) in [6, 6.07) is 5.31. The Morgan fingerprint density at radius 2 is 2.04 bits per heavy atom. The van der Waals surface area contributed by atoms with Crippen LogP contribution < -0.4 is 10.2 Å². The summed E-state index contributed by atoms with van der Waals surface area (Å²) >= 11 is 0. The maximum absolute atomic E-state index is 13.9. The summed E-state index contributed by atoms with van der Waals surface area (Å²) in [4.78, 5) is 21.8. The van der Waals surface area contributed by atoms with E-state index in [9.17, 15) is 13.6 Å². The van der Waals surface area contributed by atoms with Gasteiger partial charge in [0.05, 0.1) is 17.9 Å². The third kappa shape index (κ3) is 3.86. The molecule has 0 bridgehead atoms. The van der Waals surface area contributed by atoms with E-state index in [4.69, 9.17) is 9.57 Å². The Balaban J connectivity index is 1.95. The number of halogens is 2. The van der Waals surface area contributed by atoms with Crippen molar-refractivity contribution in [1.29, 1.82) is 0 Å². The van der Waals surface area contributed by atoms with Crippen molar-refractivity contribution in [3.05, 3.63) is 77.3 Å². The third-order valence-corrected chi connectivity index (χ3v) is 4.01. The van der Waals surface area contributed by atoms with E-state index in [1.165, 1.54) is 24.3 Å². The van der Waals surface area contributed by atoms with E-state index in [1.54, 1.807) is 30.5 Å². The molecule has 0 radical (unpaired) electrons. The fraction of sp³-hybridized carbons (Fsp3) is 0.200. The van der Waals surface area contributed by atoms with Gasteiger partial charge < -0.3 is 4.74 Å². The van der Waals surface area contributed by atoms with Crippen molar-refractivity contribution in [2.75, 3.05) is 6.61 Å². The molecule has 1 amide bonds. The lowest BCUT2D eigenvalue weighted by molar-refractivity contribution is 0.0415. The van der Waals surface area contributed by atoms with Gasteiger partial charge in [-0.3, -0.25) is 14.0 Å². The van der Waals surface area contributed by atoms with Gasteiger partial charge in [0, 0.05) is 6.20 Å². The minimum atomic E-state index is -0.692. The predicted octanol–water partition coefficient (Wildman–Crippen LogP) is 3.66. The van der Waals surface area contributed by atoms with E-state index >= 15 is 0 Å². The molecule has 0 fully saturated rings.